The quantitative estimate of drug-likeness (QED) is 0.796. The highest BCUT2D eigenvalue weighted by atomic mass is 15.3. The molecule has 4 heteroatoms. The smallest absolute Gasteiger partial charge is 0.149 e. The first-order valence-corrected chi connectivity index (χ1v) is 5.21. The van der Waals surface area contributed by atoms with Crippen LogP contribution in [0.25, 0.3) is 0 Å². The van der Waals surface area contributed by atoms with E-state index in [1.165, 1.54) is 0 Å². The molecule has 0 aliphatic heterocycles. The van der Waals surface area contributed by atoms with Crippen LogP contribution in [0.1, 0.15) is 44.9 Å². The van der Waals surface area contributed by atoms with Crippen molar-refractivity contribution < 1.29 is 0 Å². The van der Waals surface area contributed by atoms with Crippen molar-refractivity contribution in [3.8, 4) is 0 Å². The lowest BCUT2D eigenvalue weighted by atomic mass is 10.0. The molecule has 1 aromatic rings. The minimum atomic E-state index is 0.0103. The lowest BCUT2D eigenvalue weighted by Crippen LogP contribution is -2.18. The van der Waals surface area contributed by atoms with Crippen molar-refractivity contribution >= 4 is 0 Å². The van der Waals surface area contributed by atoms with Crippen LogP contribution < -0.4 is 5.73 Å². The van der Waals surface area contributed by atoms with Crippen molar-refractivity contribution in [2.24, 2.45) is 11.7 Å². The third-order valence-corrected chi connectivity index (χ3v) is 2.34. The molecule has 0 spiro atoms. The van der Waals surface area contributed by atoms with Crippen LogP contribution in [0.3, 0.4) is 0 Å². The predicted molar refractivity (Wildman–Crippen MR) is 56.8 cm³/mol. The second-order valence-electron chi connectivity index (χ2n) is 4.09. The third-order valence-electron chi connectivity index (χ3n) is 2.34. The fourth-order valence-corrected chi connectivity index (χ4v) is 1.68. The van der Waals surface area contributed by atoms with Crippen LogP contribution in [0.2, 0.25) is 0 Å². The molecule has 14 heavy (non-hydrogen) atoms. The Bertz CT molecular complexity index is 290. The highest BCUT2D eigenvalue weighted by Gasteiger charge is 2.16. The fraction of sp³-hybridized carbons (Fsp3) is 0.800. The van der Waals surface area contributed by atoms with Gasteiger partial charge in [-0.2, -0.15) is 0 Å². The summed E-state index contributed by atoms with van der Waals surface area (Å²) in [6.07, 6.45) is 0.956. The summed E-state index contributed by atoms with van der Waals surface area (Å²) in [5.41, 5.74) is 6.06. The lowest BCUT2D eigenvalue weighted by molar-refractivity contribution is 0.475. The SMILES string of the molecule is CCn1c(C)nnc1[C@@H](N)CC(C)C. The molecule has 0 saturated carbocycles. The largest absolute Gasteiger partial charge is 0.321 e. The van der Waals surface area contributed by atoms with Crippen molar-refractivity contribution in [2.45, 2.75) is 46.7 Å². The first kappa shape index (κ1) is 11.2. The van der Waals surface area contributed by atoms with E-state index in [4.69, 9.17) is 5.73 Å². The zero-order valence-electron chi connectivity index (χ0n) is 9.49. The number of aryl methyl sites for hydroxylation is 1. The van der Waals surface area contributed by atoms with E-state index >= 15 is 0 Å². The van der Waals surface area contributed by atoms with E-state index in [1.54, 1.807) is 0 Å². The molecule has 1 rings (SSSR count). The maximum Gasteiger partial charge on any atom is 0.149 e. The maximum absolute atomic E-state index is 6.06. The first-order valence-electron chi connectivity index (χ1n) is 5.21. The lowest BCUT2D eigenvalue weighted by Gasteiger charge is -2.14. The molecule has 2 N–H and O–H groups in total. The van der Waals surface area contributed by atoms with Crippen LogP contribution in [0.5, 0.6) is 0 Å². The van der Waals surface area contributed by atoms with E-state index in [0.29, 0.717) is 5.92 Å². The molecule has 0 bridgehead atoms. The number of rotatable bonds is 4. The van der Waals surface area contributed by atoms with Gasteiger partial charge in [0.15, 0.2) is 0 Å². The highest BCUT2D eigenvalue weighted by molar-refractivity contribution is 4.99. The molecule has 0 radical (unpaired) electrons. The van der Waals surface area contributed by atoms with Gasteiger partial charge in [-0.05, 0) is 26.2 Å². The molecule has 4 nitrogen and oxygen atoms in total. The van der Waals surface area contributed by atoms with Crippen molar-refractivity contribution in [3.05, 3.63) is 11.6 Å². The van der Waals surface area contributed by atoms with Crippen LogP contribution in [0, 0.1) is 12.8 Å². The average molecular weight is 196 g/mol. The summed E-state index contributed by atoms with van der Waals surface area (Å²) in [5.74, 6) is 2.45. The molecule has 80 valence electrons. The Kier molecular flexibility index (Phi) is 3.63. The van der Waals surface area contributed by atoms with Crippen LogP contribution in [0.15, 0.2) is 0 Å². The normalized spacial score (nSPS) is 13.6. The monoisotopic (exact) mass is 196 g/mol. The Labute approximate surface area is 85.5 Å². The molecule has 0 saturated heterocycles. The van der Waals surface area contributed by atoms with Gasteiger partial charge in [0.1, 0.15) is 11.6 Å². The molecule has 0 amide bonds. The summed E-state index contributed by atoms with van der Waals surface area (Å²) < 4.78 is 2.08. The molecule has 0 aliphatic carbocycles. The van der Waals surface area contributed by atoms with Gasteiger partial charge in [0.05, 0.1) is 6.04 Å². The number of nitrogens with two attached hydrogens (primary N) is 1. The summed E-state index contributed by atoms with van der Waals surface area (Å²) >= 11 is 0. The Morgan fingerprint density at radius 1 is 1.36 bits per heavy atom. The molecule has 1 aromatic heterocycles. The molecule has 0 aliphatic rings. The molecule has 1 atom stereocenters. The summed E-state index contributed by atoms with van der Waals surface area (Å²) in [5, 5.41) is 8.18. The van der Waals surface area contributed by atoms with Gasteiger partial charge in [-0.25, -0.2) is 0 Å². The van der Waals surface area contributed by atoms with E-state index in [1.807, 2.05) is 6.92 Å². The van der Waals surface area contributed by atoms with Gasteiger partial charge >= 0.3 is 0 Å². The standard InChI is InChI=1S/C10H20N4/c1-5-14-8(4)12-13-10(14)9(11)6-7(2)3/h7,9H,5-6,11H2,1-4H3/t9-/m0/s1. The molecule has 0 unspecified atom stereocenters. The first-order chi connectivity index (χ1) is 6.56. The van der Waals surface area contributed by atoms with E-state index in [9.17, 15) is 0 Å². The van der Waals surface area contributed by atoms with E-state index < -0.39 is 0 Å². The van der Waals surface area contributed by atoms with Gasteiger partial charge in [0.25, 0.3) is 0 Å². The highest BCUT2D eigenvalue weighted by Crippen LogP contribution is 2.17. The Balaban J connectivity index is 2.83. The second kappa shape index (κ2) is 4.55. The fourth-order valence-electron chi connectivity index (χ4n) is 1.68. The van der Waals surface area contributed by atoms with Crippen molar-refractivity contribution in [1.29, 1.82) is 0 Å². The van der Waals surface area contributed by atoms with E-state index in [0.717, 1.165) is 24.6 Å². The maximum atomic E-state index is 6.06. The molecule has 0 fully saturated rings. The van der Waals surface area contributed by atoms with Gasteiger partial charge in [0.2, 0.25) is 0 Å². The molecular weight excluding hydrogens is 176 g/mol. The Morgan fingerprint density at radius 2 is 2.00 bits per heavy atom. The topological polar surface area (TPSA) is 56.7 Å². The van der Waals surface area contributed by atoms with Gasteiger partial charge in [0, 0.05) is 6.54 Å². The summed E-state index contributed by atoms with van der Waals surface area (Å²) in [6.45, 7) is 9.27. The Morgan fingerprint density at radius 3 is 2.50 bits per heavy atom. The van der Waals surface area contributed by atoms with Gasteiger partial charge in [-0.15, -0.1) is 10.2 Å². The van der Waals surface area contributed by atoms with Crippen molar-refractivity contribution in [3.63, 3.8) is 0 Å². The van der Waals surface area contributed by atoms with Gasteiger partial charge in [-0.1, -0.05) is 13.8 Å². The minimum Gasteiger partial charge on any atom is -0.321 e. The zero-order chi connectivity index (χ0) is 10.7. The van der Waals surface area contributed by atoms with Crippen molar-refractivity contribution in [1.82, 2.24) is 14.8 Å². The predicted octanol–water partition coefficient (Wildman–Crippen LogP) is 1.65. The number of aromatic nitrogens is 3. The van der Waals surface area contributed by atoms with E-state index in [-0.39, 0.29) is 6.04 Å². The zero-order valence-corrected chi connectivity index (χ0v) is 9.49. The number of hydrogen-bond acceptors (Lipinski definition) is 3. The number of hydrogen-bond donors (Lipinski definition) is 1. The van der Waals surface area contributed by atoms with Crippen LogP contribution in [-0.2, 0) is 6.54 Å². The number of nitrogens with zero attached hydrogens (tertiary/aromatic N) is 3. The third kappa shape index (κ3) is 2.32. The van der Waals surface area contributed by atoms with Crippen LogP contribution >= 0.6 is 0 Å². The van der Waals surface area contributed by atoms with Crippen LogP contribution in [-0.4, -0.2) is 14.8 Å². The van der Waals surface area contributed by atoms with Gasteiger partial charge < -0.3 is 10.3 Å². The summed E-state index contributed by atoms with van der Waals surface area (Å²) in [4.78, 5) is 0. The molecular formula is C10H20N4. The minimum absolute atomic E-state index is 0.0103. The summed E-state index contributed by atoms with van der Waals surface area (Å²) in [7, 11) is 0. The average Bonchev–Trinajstić information content (AvgIpc) is 2.45. The Hall–Kier alpha value is -0.900. The van der Waals surface area contributed by atoms with Crippen molar-refractivity contribution in [2.75, 3.05) is 0 Å². The van der Waals surface area contributed by atoms with Gasteiger partial charge in [-0.3, -0.25) is 0 Å². The molecule has 1 heterocycles. The second-order valence-corrected chi connectivity index (χ2v) is 4.09. The summed E-state index contributed by atoms with van der Waals surface area (Å²) in [6, 6.07) is 0.0103. The van der Waals surface area contributed by atoms with E-state index in [2.05, 4.69) is 35.5 Å². The molecule has 0 aromatic carbocycles. The van der Waals surface area contributed by atoms with Crippen LogP contribution in [0.4, 0.5) is 0 Å².